The normalized spacial score (nSPS) is 10.3. The van der Waals surface area contributed by atoms with E-state index in [9.17, 15) is 4.79 Å². The summed E-state index contributed by atoms with van der Waals surface area (Å²) >= 11 is 7.37. The monoisotopic (exact) mass is 282 g/mol. The maximum atomic E-state index is 11.5. The van der Waals surface area contributed by atoms with Crippen molar-refractivity contribution >= 4 is 23.4 Å². The number of ether oxygens (including phenoxy) is 1. The molecule has 3 nitrogen and oxygen atoms in total. The summed E-state index contributed by atoms with van der Waals surface area (Å²) in [4.78, 5) is 12.6. The topological polar surface area (TPSA) is 39.4 Å². The highest BCUT2D eigenvalue weighted by atomic mass is 35.5. The van der Waals surface area contributed by atoms with Crippen LogP contribution in [-0.2, 0) is 5.75 Å². The van der Waals surface area contributed by atoms with Crippen molar-refractivity contribution in [2.45, 2.75) is 10.6 Å². The van der Waals surface area contributed by atoms with Crippen molar-refractivity contribution < 1.29 is 9.15 Å². The van der Waals surface area contributed by atoms with E-state index in [1.165, 1.54) is 19.4 Å². The molecule has 1 heterocycles. The summed E-state index contributed by atoms with van der Waals surface area (Å²) in [5, 5.41) is 0.704. The molecular formula is C13H11ClO3S. The number of halogens is 1. The van der Waals surface area contributed by atoms with Gasteiger partial charge in [0.15, 0.2) is 0 Å². The van der Waals surface area contributed by atoms with E-state index in [-0.39, 0.29) is 11.2 Å². The summed E-state index contributed by atoms with van der Waals surface area (Å²) in [5.41, 5.74) is -0.171. The summed E-state index contributed by atoms with van der Waals surface area (Å²) < 4.78 is 10.2. The maximum Gasteiger partial charge on any atom is 0.227 e. The van der Waals surface area contributed by atoms with E-state index >= 15 is 0 Å². The van der Waals surface area contributed by atoms with Crippen LogP contribution in [0.3, 0.4) is 0 Å². The minimum atomic E-state index is -0.171. The molecule has 94 valence electrons. The highest BCUT2D eigenvalue weighted by Gasteiger charge is 2.04. The van der Waals surface area contributed by atoms with Crippen molar-refractivity contribution in [3.05, 3.63) is 57.6 Å². The van der Waals surface area contributed by atoms with Gasteiger partial charge in [0.1, 0.15) is 12.0 Å². The van der Waals surface area contributed by atoms with E-state index in [4.69, 9.17) is 20.8 Å². The minimum Gasteiger partial charge on any atom is -0.490 e. The van der Waals surface area contributed by atoms with E-state index in [0.29, 0.717) is 16.5 Å². The zero-order chi connectivity index (χ0) is 13.0. The molecule has 0 radical (unpaired) electrons. The maximum absolute atomic E-state index is 11.5. The average molecular weight is 283 g/mol. The van der Waals surface area contributed by atoms with Crippen molar-refractivity contribution in [1.82, 2.24) is 0 Å². The van der Waals surface area contributed by atoms with E-state index in [0.717, 1.165) is 4.90 Å². The Morgan fingerprint density at radius 3 is 2.67 bits per heavy atom. The average Bonchev–Trinajstić information content (AvgIpc) is 2.38. The molecule has 2 rings (SSSR count). The van der Waals surface area contributed by atoms with Gasteiger partial charge in [-0.3, -0.25) is 4.79 Å². The van der Waals surface area contributed by atoms with Crippen LogP contribution in [-0.4, -0.2) is 7.11 Å². The number of hydrogen-bond donors (Lipinski definition) is 0. The highest BCUT2D eigenvalue weighted by Crippen LogP contribution is 2.24. The second-order valence-electron chi connectivity index (χ2n) is 3.52. The summed E-state index contributed by atoms with van der Waals surface area (Å²) in [6, 6.07) is 8.95. The predicted octanol–water partition coefficient (Wildman–Crippen LogP) is 3.59. The van der Waals surface area contributed by atoms with Crippen LogP contribution in [0.4, 0.5) is 0 Å². The summed E-state index contributed by atoms with van der Waals surface area (Å²) in [7, 11) is 1.44. The van der Waals surface area contributed by atoms with E-state index in [1.807, 2.05) is 24.3 Å². The van der Waals surface area contributed by atoms with Gasteiger partial charge in [-0.05, 0) is 24.3 Å². The van der Waals surface area contributed by atoms with Crippen molar-refractivity contribution in [2.24, 2.45) is 0 Å². The molecule has 5 heteroatoms. The van der Waals surface area contributed by atoms with Crippen molar-refractivity contribution in [2.75, 3.05) is 7.11 Å². The van der Waals surface area contributed by atoms with Crippen molar-refractivity contribution in [3.63, 3.8) is 0 Å². The number of methoxy groups -OCH3 is 1. The van der Waals surface area contributed by atoms with Gasteiger partial charge >= 0.3 is 0 Å². The molecule has 18 heavy (non-hydrogen) atoms. The fourth-order valence-electron chi connectivity index (χ4n) is 1.35. The van der Waals surface area contributed by atoms with Crippen LogP contribution in [0.1, 0.15) is 5.76 Å². The third-order valence-electron chi connectivity index (χ3n) is 2.27. The Kier molecular flexibility index (Phi) is 4.33. The fourth-order valence-corrected chi connectivity index (χ4v) is 2.26. The molecule has 0 aliphatic carbocycles. The lowest BCUT2D eigenvalue weighted by atomic mass is 10.4. The Morgan fingerprint density at radius 2 is 2.06 bits per heavy atom. The molecule has 1 aromatic carbocycles. The van der Waals surface area contributed by atoms with Gasteiger partial charge < -0.3 is 9.15 Å². The lowest BCUT2D eigenvalue weighted by Gasteiger charge is -2.02. The molecule has 0 saturated heterocycles. The molecule has 0 aliphatic heterocycles. The van der Waals surface area contributed by atoms with Crippen LogP contribution >= 0.6 is 23.4 Å². The van der Waals surface area contributed by atoms with Crippen LogP contribution in [0, 0.1) is 0 Å². The third-order valence-corrected chi connectivity index (χ3v) is 3.55. The van der Waals surface area contributed by atoms with Gasteiger partial charge in [0.2, 0.25) is 11.2 Å². The molecule has 0 unspecified atom stereocenters. The first-order chi connectivity index (χ1) is 8.69. The number of hydrogen-bond acceptors (Lipinski definition) is 4. The van der Waals surface area contributed by atoms with E-state index in [1.54, 1.807) is 11.8 Å². The van der Waals surface area contributed by atoms with Crippen LogP contribution in [0.2, 0.25) is 5.02 Å². The largest absolute Gasteiger partial charge is 0.490 e. The Balaban J connectivity index is 2.04. The predicted molar refractivity (Wildman–Crippen MR) is 72.5 cm³/mol. The van der Waals surface area contributed by atoms with Gasteiger partial charge in [-0.1, -0.05) is 11.6 Å². The summed E-state index contributed by atoms with van der Waals surface area (Å²) in [5.74, 6) is 1.41. The summed E-state index contributed by atoms with van der Waals surface area (Å²) in [6.45, 7) is 0. The fraction of sp³-hybridized carbons (Fsp3) is 0.154. The first-order valence-corrected chi connectivity index (χ1v) is 6.59. The van der Waals surface area contributed by atoms with Gasteiger partial charge in [-0.15, -0.1) is 11.8 Å². The summed E-state index contributed by atoms with van der Waals surface area (Å²) in [6.07, 6.45) is 1.33. The lowest BCUT2D eigenvalue weighted by molar-refractivity contribution is 0.381. The molecule has 0 saturated carbocycles. The van der Waals surface area contributed by atoms with Crippen molar-refractivity contribution in [1.29, 1.82) is 0 Å². The van der Waals surface area contributed by atoms with Gasteiger partial charge in [-0.25, -0.2) is 0 Å². The Hall–Kier alpha value is -1.39. The number of thioether (sulfide) groups is 1. The first kappa shape index (κ1) is 13.1. The number of rotatable bonds is 4. The van der Waals surface area contributed by atoms with Crippen LogP contribution in [0.25, 0.3) is 0 Å². The quantitative estimate of drug-likeness (QED) is 0.804. The van der Waals surface area contributed by atoms with Crippen LogP contribution < -0.4 is 10.2 Å². The first-order valence-electron chi connectivity index (χ1n) is 5.23. The minimum absolute atomic E-state index is 0.171. The molecule has 0 fully saturated rings. The molecule has 0 spiro atoms. The second-order valence-corrected chi connectivity index (χ2v) is 5.01. The van der Waals surface area contributed by atoms with Gasteiger partial charge in [0.25, 0.3) is 0 Å². The molecule has 0 bridgehead atoms. The highest BCUT2D eigenvalue weighted by molar-refractivity contribution is 7.98. The molecule has 0 amide bonds. The standard InChI is InChI=1S/C13H11ClO3S/c1-16-13-7-17-10(6-12(13)15)8-18-11-4-2-9(14)3-5-11/h2-7H,8H2,1H3. The van der Waals surface area contributed by atoms with Gasteiger partial charge in [0.05, 0.1) is 12.9 Å². The zero-order valence-corrected chi connectivity index (χ0v) is 11.3. The van der Waals surface area contributed by atoms with Crippen molar-refractivity contribution in [3.8, 4) is 5.75 Å². The van der Waals surface area contributed by atoms with E-state index < -0.39 is 0 Å². The Morgan fingerprint density at radius 1 is 1.33 bits per heavy atom. The molecule has 1 aromatic heterocycles. The molecule has 0 atom stereocenters. The van der Waals surface area contributed by atoms with E-state index in [2.05, 4.69) is 0 Å². The van der Waals surface area contributed by atoms with Gasteiger partial charge in [0, 0.05) is 16.0 Å². The Labute approximate surface area is 114 Å². The zero-order valence-electron chi connectivity index (χ0n) is 9.68. The second kappa shape index (κ2) is 5.98. The van der Waals surface area contributed by atoms with Gasteiger partial charge in [-0.2, -0.15) is 0 Å². The third kappa shape index (κ3) is 3.31. The van der Waals surface area contributed by atoms with Crippen LogP contribution in [0.15, 0.2) is 50.7 Å². The molecule has 0 aliphatic rings. The van der Waals surface area contributed by atoms with Crippen LogP contribution in [0.5, 0.6) is 5.75 Å². The number of benzene rings is 1. The Bertz CT molecular complexity index is 578. The smallest absolute Gasteiger partial charge is 0.227 e. The molecule has 0 N–H and O–H groups in total. The molecular weight excluding hydrogens is 272 g/mol. The SMILES string of the molecule is COc1coc(CSc2ccc(Cl)cc2)cc1=O. The lowest BCUT2D eigenvalue weighted by Crippen LogP contribution is -2.04. The molecule has 2 aromatic rings.